The number of pyridine rings is 1. The van der Waals surface area contributed by atoms with Crippen molar-refractivity contribution in [3.05, 3.63) is 67.6 Å². The molecule has 1 aromatic heterocycles. The number of aromatic nitrogens is 1. The second-order valence-corrected chi connectivity index (χ2v) is 6.51. The maximum atomic E-state index is 9.88. The van der Waals surface area contributed by atoms with Gasteiger partial charge in [-0.15, -0.1) is 13.2 Å². The van der Waals surface area contributed by atoms with E-state index in [0.717, 1.165) is 25.7 Å². The molecule has 140 valence electrons. The lowest BCUT2D eigenvalue weighted by molar-refractivity contribution is -0.770. The Morgan fingerprint density at radius 2 is 1.80 bits per heavy atom. The van der Waals surface area contributed by atoms with Gasteiger partial charge in [0.1, 0.15) is 6.61 Å². The van der Waals surface area contributed by atoms with Crippen LogP contribution >= 0.6 is 0 Å². The Bertz CT molecular complexity index is 509. The first-order chi connectivity index (χ1) is 12.1. The summed E-state index contributed by atoms with van der Waals surface area (Å²) in [6.45, 7) is 16.5. The zero-order valence-electron chi connectivity index (χ0n) is 16.6. The van der Waals surface area contributed by atoms with Gasteiger partial charge in [-0.05, 0) is 45.6 Å². The van der Waals surface area contributed by atoms with Crippen LogP contribution in [0.25, 0.3) is 0 Å². The van der Waals surface area contributed by atoms with Crippen molar-refractivity contribution in [2.24, 2.45) is 0 Å². The van der Waals surface area contributed by atoms with Crippen LogP contribution < -0.4 is 4.57 Å². The molecule has 25 heavy (non-hydrogen) atoms. The minimum Gasteiger partial charge on any atom is -0.389 e. The van der Waals surface area contributed by atoms with E-state index < -0.39 is 0 Å². The summed E-state index contributed by atoms with van der Waals surface area (Å²) in [6.07, 6.45) is 16.2. The Labute approximate surface area is 155 Å². The summed E-state index contributed by atoms with van der Waals surface area (Å²) in [5.74, 6) is 0. The fourth-order valence-corrected chi connectivity index (χ4v) is 3.05. The van der Waals surface area contributed by atoms with Gasteiger partial charge in [0.05, 0.1) is 0 Å². The fraction of sp³-hybridized carbons (Fsp3) is 0.522. The number of nitrogens with zero attached hydrogens (tertiary/aromatic N) is 1. The monoisotopic (exact) mass is 344 g/mol. The molecule has 0 amide bonds. The molecule has 0 spiro atoms. The lowest BCUT2D eigenvalue weighted by Gasteiger charge is -2.30. The van der Waals surface area contributed by atoms with Crippen LogP contribution in [0.2, 0.25) is 0 Å². The van der Waals surface area contributed by atoms with E-state index in [9.17, 15) is 5.11 Å². The van der Waals surface area contributed by atoms with Crippen molar-refractivity contribution in [3.8, 4) is 0 Å². The molecule has 1 aliphatic carbocycles. The van der Waals surface area contributed by atoms with Crippen LogP contribution in [0.15, 0.2) is 62.0 Å². The number of aliphatic hydroxyl groups is 1. The average molecular weight is 345 g/mol. The zero-order valence-corrected chi connectivity index (χ0v) is 16.6. The molecule has 0 atom stereocenters. The number of rotatable bonds is 5. The van der Waals surface area contributed by atoms with Crippen LogP contribution in [0.1, 0.15) is 64.9 Å². The Kier molecular flexibility index (Phi) is 12.7. The molecule has 0 unspecified atom stereocenters. The predicted molar refractivity (Wildman–Crippen MR) is 110 cm³/mol. The molecule has 1 fully saturated rings. The van der Waals surface area contributed by atoms with E-state index in [-0.39, 0.29) is 12.1 Å². The van der Waals surface area contributed by atoms with Crippen LogP contribution in [0.3, 0.4) is 0 Å². The molecular weight excluding hydrogens is 306 g/mol. The molecule has 2 heteroatoms. The minimum atomic E-state index is -0.0677. The van der Waals surface area contributed by atoms with Crippen molar-refractivity contribution in [2.75, 3.05) is 6.61 Å². The number of aliphatic hydroxyl groups excluding tert-OH is 1. The van der Waals surface area contributed by atoms with Gasteiger partial charge < -0.3 is 5.11 Å². The fourth-order valence-electron chi connectivity index (χ4n) is 3.05. The van der Waals surface area contributed by atoms with Gasteiger partial charge in [0, 0.05) is 24.5 Å². The molecule has 0 aliphatic heterocycles. The largest absolute Gasteiger partial charge is 0.389 e. The first kappa shape index (κ1) is 23.3. The van der Waals surface area contributed by atoms with Crippen molar-refractivity contribution in [1.29, 1.82) is 0 Å². The van der Waals surface area contributed by atoms with Crippen molar-refractivity contribution in [3.63, 3.8) is 0 Å². The number of hydrogen-bond acceptors (Lipinski definition) is 1. The standard InChI is InChI=1S/C17H26NO.C4H8.C2H4/c1-3-15(2)12-16-8-7-11-18(13-16)17(14-19)9-5-4-6-10-17;1-3-4-2;1-2/h7-8,11,13,19H,2-6,9-10,12,14H2,1H3;3-4H,1-2H3;1-2H2/q+1;;/b;4-3-;. The normalized spacial score (nSPS) is 15.5. The highest BCUT2D eigenvalue weighted by Gasteiger charge is 2.40. The van der Waals surface area contributed by atoms with Crippen LogP contribution in [-0.4, -0.2) is 11.7 Å². The van der Waals surface area contributed by atoms with Crippen molar-refractivity contribution >= 4 is 0 Å². The van der Waals surface area contributed by atoms with E-state index in [1.807, 2.05) is 26.0 Å². The van der Waals surface area contributed by atoms with Gasteiger partial charge in [0.15, 0.2) is 17.9 Å². The van der Waals surface area contributed by atoms with E-state index in [2.05, 4.69) is 55.8 Å². The van der Waals surface area contributed by atoms with Gasteiger partial charge in [-0.2, -0.15) is 4.57 Å². The summed E-state index contributed by atoms with van der Waals surface area (Å²) in [5.41, 5.74) is 2.49. The summed E-state index contributed by atoms with van der Waals surface area (Å²) < 4.78 is 2.25. The third-order valence-corrected chi connectivity index (χ3v) is 4.78. The highest BCUT2D eigenvalue weighted by atomic mass is 16.3. The third-order valence-electron chi connectivity index (χ3n) is 4.78. The number of hydrogen-bond donors (Lipinski definition) is 1. The summed E-state index contributed by atoms with van der Waals surface area (Å²) >= 11 is 0. The summed E-state index contributed by atoms with van der Waals surface area (Å²) in [4.78, 5) is 0. The van der Waals surface area contributed by atoms with Gasteiger partial charge in [0.2, 0.25) is 0 Å². The summed E-state index contributed by atoms with van der Waals surface area (Å²) in [7, 11) is 0. The molecule has 0 saturated heterocycles. The SMILES string of the molecule is C/C=C\C.C=C.C=C(CC)Cc1ccc[n+](C2(CO)CCCCC2)c1. The van der Waals surface area contributed by atoms with E-state index in [1.54, 1.807) is 0 Å². The van der Waals surface area contributed by atoms with E-state index in [0.29, 0.717) is 0 Å². The van der Waals surface area contributed by atoms with Gasteiger partial charge in [-0.3, -0.25) is 0 Å². The van der Waals surface area contributed by atoms with Crippen LogP contribution in [0.5, 0.6) is 0 Å². The smallest absolute Gasteiger partial charge is 0.190 e. The molecule has 1 N–H and O–H groups in total. The van der Waals surface area contributed by atoms with Crippen molar-refractivity contribution in [1.82, 2.24) is 0 Å². The molecule has 1 heterocycles. The van der Waals surface area contributed by atoms with Gasteiger partial charge in [-0.25, -0.2) is 0 Å². The van der Waals surface area contributed by atoms with Gasteiger partial charge in [0.25, 0.3) is 0 Å². The second-order valence-electron chi connectivity index (χ2n) is 6.51. The van der Waals surface area contributed by atoms with Crippen LogP contribution in [0.4, 0.5) is 0 Å². The third kappa shape index (κ3) is 7.83. The van der Waals surface area contributed by atoms with E-state index >= 15 is 0 Å². The molecule has 0 radical (unpaired) electrons. The Hall–Kier alpha value is -1.67. The second kappa shape index (κ2) is 13.6. The highest BCUT2D eigenvalue weighted by Crippen LogP contribution is 2.30. The van der Waals surface area contributed by atoms with Gasteiger partial charge >= 0.3 is 0 Å². The molecular formula is C23H38NO+. The minimum absolute atomic E-state index is 0.0677. The lowest BCUT2D eigenvalue weighted by atomic mass is 9.82. The molecule has 0 bridgehead atoms. The molecule has 1 saturated carbocycles. The molecule has 0 aromatic carbocycles. The average Bonchev–Trinajstić information content (AvgIpc) is 2.70. The predicted octanol–water partition coefficient (Wildman–Crippen LogP) is 5.52. The van der Waals surface area contributed by atoms with Crippen molar-refractivity contribution < 1.29 is 9.67 Å². The quantitative estimate of drug-likeness (QED) is 0.552. The Morgan fingerprint density at radius 3 is 2.28 bits per heavy atom. The summed E-state index contributed by atoms with van der Waals surface area (Å²) in [6, 6.07) is 4.26. The van der Waals surface area contributed by atoms with Crippen LogP contribution in [0, 0.1) is 0 Å². The van der Waals surface area contributed by atoms with Crippen LogP contribution in [-0.2, 0) is 12.0 Å². The summed E-state index contributed by atoms with van der Waals surface area (Å²) in [5, 5.41) is 9.88. The lowest BCUT2D eigenvalue weighted by Crippen LogP contribution is -2.59. The molecule has 2 rings (SSSR count). The molecule has 1 aliphatic rings. The first-order valence-corrected chi connectivity index (χ1v) is 9.47. The highest BCUT2D eigenvalue weighted by molar-refractivity contribution is 5.14. The maximum absolute atomic E-state index is 9.88. The van der Waals surface area contributed by atoms with E-state index in [4.69, 9.17) is 0 Å². The topological polar surface area (TPSA) is 24.1 Å². The maximum Gasteiger partial charge on any atom is 0.190 e. The van der Waals surface area contributed by atoms with E-state index in [1.165, 1.54) is 30.4 Å². The molecule has 2 nitrogen and oxygen atoms in total. The van der Waals surface area contributed by atoms with Gasteiger partial charge in [-0.1, -0.05) is 37.6 Å². The van der Waals surface area contributed by atoms with Crippen molar-refractivity contribution in [2.45, 2.75) is 71.3 Å². The number of allylic oxidation sites excluding steroid dienone is 3. The Morgan fingerprint density at radius 1 is 1.20 bits per heavy atom. The molecule has 1 aromatic rings. The zero-order chi connectivity index (χ0) is 19.1. The Balaban J connectivity index is 0.000000845. The first-order valence-electron chi connectivity index (χ1n) is 9.47.